The lowest BCUT2D eigenvalue weighted by atomic mass is 9.87. The number of urea groups is 1. The third-order valence-electron chi connectivity index (χ3n) is 6.61. The third-order valence-corrected chi connectivity index (χ3v) is 6.61. The van der Waals surface area contributed by atoms with Crippen molar-refractivity contribution in [3.63, 3.8) is 0 Å². The quantitative estimate of drug-likeness (QED) is 0.622. The molecule has 1 saturated heterocycles. The molecule has 3 aromatic carbocycles. The van der Waals surface area contributed by atoms with Crippen LogP contribution in [0.25, 0.3) is 10.8 Å². The van der Waals surface area contributed by atoms with Gasteiger partial charge in [0, 0.05) is 0 Å². The Morgan fingerprint density at radius 3 is 2.69 bits per heavy atom. The molecule has 2 aliphatic rings. The summed E-state index contributed by atoms with van der Waals surface area (Å²) in [5.41, 5.74) is 1.85. The second kappa shape index (κ2) is 7.79. The van der Waals surface area contributed by atoms with Crippen molar-refractivity contribution >= 4 is 28.6 Å². The van der Waals surface area contributed by atoms with Crippen molar-refractivity contribution in [1.82, 2.24) is 15.5 Å². The van der Waals surface area contributed by atoms with Crippen LogP contribution in [-0.4, -0.2) is 29.3 Å². The highest BCUT2D eigenvalue weighted by Gasteiger charge is 2.50. The highest BCUT2D eigenvalue weighted by Crippen LogP contribution is 2.34. The molecule has 2 atom stereocenters. The minimum atomic E-state index is -1.23. The van der Waals surface area contributed by atoms with Crippen LogP contribution in [0.15, 0.2) is 66.7 Å². The van der Waals surface area contributed by atoms with Gasteiger partial charge in [-0.1, -0.05) is 66.7 Å². The predicted octanol–water partition coefficient (Wildman–Crippen LogP) is 3.80. The number of carbonyl (C=O) groups is 3. The van der Waals surface area contributed by atoms with Crippen LogP contribution < -0.4 is 10.6 Å². The van der Waals surface area contributed by atoms with Crippen LogP contribution in [0.5, 0.6) is 0 Å². The molecular weight excluding hydrogens is 402 g/mol. The number of nitrogens with zero attached hydrogens (tertiary/aromatic N) is 1. The normalized spacial score (nSPS) is 22.5. The number of nitrogens with one attached hydrogen (secondary N) is 2. The molecule has 1 aliphatic heterocycles. The molecule has 3 aromatic rings. The van der Waals surface area contributed by atoms with Gasteiger partial charge in [-0.3, -0.25) is 14.5 Å². The van der Waals surface area contributed by atoms with Crippen molar-refractivity contribution in [2.45, 2.75) is 37.8 Å². The summed E-state index contributed by atoms with van der Waals surface area (Å²) < 4.78 is 0. The van der Waals surface area contributed by atoms with Gasteiger partial charge in [0.05, 0.1) is 6.04 Å². The van der Waals surface area contributed by atoms with Crippen molar-refractivity contribution in [3.05, 3.63) is 83.4 Å². The number of fused-ring (bicyclic) bond motifs is 2. The smallest absolute Gasteiger partial charge is 0.325 e. The molecule has 5 rings (SSSR count). The van der Waals surface area contributed by atoms with Crippen LogP contribution in [0.2, 0.25) is 0 Å². The average molecular weight is 428 g/mol. The zero-order valence-electron chi connectivity index (χ0n) is 17.9. The van der Waals surface area contributed by atoms with E-state index in [1.165, 1.54) is 5.56 Å². The maximum atomic E-state index is 13.4. The van der Waals surface area contributed by atoms with Gasteiger partial charge in [-0.15, -0.1) is 0 Å². The highest BCUT2D eigenvalue weighted by molar-refractivity contribution is 6.10. The Balaban J connectivity index is 1.36. The van der Waals surface area contributed by atoms with Gasteiger partial charge in [0.2, 0.25) is 5.91 Å². The van der Waals surface area contributed by atoms with Gasteiger partial charge in [0.15, 0.2) is 0 Å². The van der Waals surface area contributed by atoms with Crippen LogP contribution in [0.1, 0.15) is 42.5 Å². The van der Waals surface area contributed by atoms with Crippen molar-refractivity contribution < 1.29 is 14.4 Å². The molecule has 0 unspecified atom stereocenters. The minimum Gasteiger partial charge on any atom is -0.348 e. The number of rotatable bonds is 4. The first-order valence-electron chi connectivity index (χ1n) is 11.0. The Kier molecular flexibility index (Phi) is 4.93. The molecular formula is C26H25N3O3. The van der Waals surface area contributed by atoms with E-state index in [1.54, 1.807) is 6.92 Å². The second-order valence-corrected chi connectivity index (χ2v) is 8.68. The van der Waals surface area contributed by atoms with E-state index < -0.39 is 17.5 Å². The molecule has 1 heterocycles. The van der Waals surface area contributed by atoms with E-state index in [-0.39, 0.29) is 18.5 Å². The van der Waals surface area contributed by atoms with E-state index in [9.17, 15) is 14.4 Å². The minimum absolute atomic E-state index is 0.0994. The summed E-state index contributed by atoms with van der Waals surface area (Å²) >= 11 is 0. The maximum absolute atomic E-state index is 13.4. The molecule has 0 aromatic heterocycles. The Labute approximate surface area is 186 Å². The van der Waals surface area contributed by atoms with Gasteiger partial charge in [-0.05, 0) is 53.6 Å². The summed E-state index contributed by atoms with van der Waals surface area (Å²) in [6.45, 7) is 1.40. The van der Waals surface area contributed by atoms with Gasteiger partial charge >= 0.3 is 6.03 Å². The summed E-state index contributed by atoms with van der Waals surface area (Å²) in [6, 6.07) is 20.9. The first kappa shape index (κ1) is 20.2. The number of benzene rings is 3. The van der Waals surface area contributed by atoms with Crippen molar-refractivity contribution in [1.29, 1.82) is 0 Å². The van der Waals surface area contributed by atoms with Crippen molar-refractivity contribution in [3.8, 4) is 0 Å². The summed E-state index contributed by atoms with van der Waals surface area (Å²) in [6.07, 6.45) is 2.83. The lowest BCUT2D eigenvalue weighted by Crippen LogP contribution is -2.44. The molecule has 0 radical (unpaired) electrons. The van der Waals surface area contributed by atoms with Crippen LogP contribution >= 0.6 is 0 Å². The number of aryl methyl sites for hydroxylation is 1. The summed E-state index contributed by atoms with van der Waals surface area (Å²) in [5.74, 6) is -0.754. The molecule has 0 saturated carbocycles. The molecule has 6 heteroatoms. The van der Waals surface area contributed by atoms with Crippen molar-refractivity contribution in [2.24, 2.45) is 0 Å². The summed E-state index contributed by atoms with van der Waals surface area (Å²) in [4.78, 5) is 40.0. The first-order chi connectivity index (χ1) is 15.5. The predicted molar refractivity (Wildman–Crippen MR) is 122 cm³/mol. The fraction of sp³-hybridized carbons (Fsp3) is 0.269. The van der Waals surface area contributed by atoms with E-state index in [1.807, 2.05) is 60.7 Å². The van der Waals surface area contributed by atoms with Gasteiger partial charge in [0.25, 0.3) is 5.91 Å². The molecule has 1 fully saturated rings. The lowest BCUT2D eigenvalue weighted by Gasteiger charge is -2.27. The molecule has 2 N–H and O–H groups in total. The Bertz CT molecular complexity index is 1230. The Morgan fingerprint density at radius 1 is 1.06 bits per heavy atom. The number of amides is 4. The highest BCUT2D eigenvalue weighted by atomic mass is 16.2. The van der Waals surface area contributed by atoms with Gasteiger partial charge in [0.1, 0.15) is 12.1 Å². The van der Waals surface area contributed by atoms with E-state index in [0.717, 1.165) is 46.1 Å². The van der Waals surface area contributed by atoms with Gasteiger partial charge < -0.3 is 10.6 Å². The fourth-order valence-corrected chi connectivity index (χ4v) is 4.97. The number of carbonyl (C=O) groups excluding carboxylic acids is 3. The SMILES string of the molecule is C[C@]1(c2cccc3ccccc23)NC(=O)N(CC(=O)N[C@H]2CCCc3ccccc32)C1=O. The number of hydrogen-bond donors (Lipinski definition) is 2. The maximum Gasteiger partial charge on any atom is 0.325 e. The van der Waals surface area contributed by atoms with Crippen LogP contribution in [0.3, 0.4) is 0 Å². The lowest BCUT2D eigenvalue weighted by molar-refractivity contribution is -0.135. The average Bonchev–Trinajstić information content (AvgIpc) is 3.02. The monoisotopic (exact) mass is 427 g/mol. The third kappa shape index (κ3) is 3.32. The number of hydrogen-bond acceptors (Lipinski definition) is 3. The molecule has 4 amide bonds. The van der Waals surface area contributed by atoms with Crippen LogP contribution in [-0.2, 0) is 21.5 Å². The molecule has 1 aliphatic carbocycles. The molecule has 162 valence electrons. The van der Waals surface area contributed by atoms with E-state index in [2.05, 4.69) is 16.7 Å². The van der Waals surface area contributed by atoms with E-state index >= 15 is 0 Å². The zero-order valence-corrected chi connectivity index (χ0v) is 17.9. The first-order valence-corrected chi connectivity index (χ1v) is 11.0. The Hall–Kier alpha value is -3.67. The largest absolute Gasteiger partial charge is 0.348 e. The number of imide groups is 1. The van der Waals surface area contributed by atoms with Gasteiger partial charge in [-0.25, -0.2) is 4.79 Å². The van der Waals surface area contributed by atoms with Crippen molar-refractivity contribution in [2.75, 3.05) is 6.54 Å². The summed E-state index contributed by atoms with van der Waals surface area (Å²) in [5, 5.41) is 7.73. The Morgan fingerprint density at radius 2 is 1.81 bits per heavy atom. The molecule has 6 nitrogen and oxygen atoms in total. The zero-order chi connectivity index (χ0) is 22.3. The molecule has 32 heavy (non-hydrogen) atoms. The van der Waals surface area contributed by atoms with Crippen LogP contribution in [0, 0.1) is 0 Å². The fourth-order valence-electron chi connectivity index (χ4n) is 4.97. The topological polar surface area (TPSA) is 78.5 Å². The second-order valence-electron chi connectivity index (χ2n) is 8.68. The van der Waals surface area contributed by atoms with Gasteiger partial charge in [-0.2, -0.15) is 0 Å². The van der Waals surface area contributed by atoms with E-state index in [4.69, 9.17) is 0 Å². The standard InChI is InChI=1S/C26H25N3O3/c1-26(21-14-6-10-17-8-2-4-12-19(17)21)24(31)29(25(32)28-26)16-23(30)27-22-15-7-11-18-9-3-5-13-20(18)22/h2-6,8-10,12-14,22H,7,11,15-16H2,1H3,(H,27,30)(H,28,32)/t22-,26+/m0/s1. The van der Waals surface area contributed by atoms with E-state index in [0.29, 0.717) is 0 Å². The summed E-state index contributed by atoms with van der Waals surface area (Å²) in [7, 11) is 0. The molecule has 0 spiro atoms. The molecule has 0 bridgehead atoms. The van der Waals surface area contributed by atoms with Crippen LogP contribution in [0.4, 0.5) is 4.79 Å².